The van der Waals surface area contributed by atoms with E-state index in [1.807, 2.05) is 5.48 Å². The zero-order valence-electron chi connectivity index (χ0n) is 12.8. The molecule has 0 bridgehead atoms. The van der Waals surface area contributed by atoms with Gasteiger partial charge in [-0.15, -0.1) is 0 Å². The average Bonchev–Trinajstić information content (AvgIpc) is 2.84. The van der Waals surface area contributed by atoms with Crippen molar-refractivity contribution in [3.63, 3.8) is 0 Å². The van der Waals surface area contributed by atoms with Gasteiger partial charge >= 0.3 is 11.8 Å². The van der Waals surface area contributed by atoms with Crippen LogP contribution in [0.4, 0.5) is 4.79 Å². The Morgan fingerprint density at radius 1 is 1.57 bits per heavy atom. The zero-order valence-corrected chi connectivity index (χ0v) is 12.8. The third-order valence-electron chi connectivity index (χ3n) is 3.34. The lowest BCUT2D eigenvalue weighted by Crippen LogP contribution is -2.34. The molecule has 10 nitrogen and oxygen atoms in total. The van der Waals surface area contributed by atoms with Gasteiger partial charge in [0.2, 0.25) is 0 Å². The number of carbonyl (C=O) groups excluding carboxylic acids is 1. The molecular formula is C13H19N3O7. The van der Waals surface area contributed by atoms with Crippen molar-refractivity contribution in [2.24, 2.45) is 0 Å². The van der Waals surface area contributed by atoms with Crippen LogP contribution in [0.3, 0.4) is 0 Å². The number of aromatic nitrogens is 2. The van der Waals surface area contributed by atoms with Gasteiger partial charge in [0.05, 0.1) is 12.7 Å². The molecule has 1 aromatic heterocycles. The fourth-order valence-electron chi connectivity index (χ4n) is 2.18. The Balaban J connectivity index is 1.96. The lowest BCUT2D eigenvalue weighted by atomic mass is 10.2. The normalized spacial score (nSPS) is 23.7. The van der Waals surface area contributed by atoms with Crippen LogP contribution in [-0.2, 0) is 14.3 Å². The van der Waals surface area contributed by atoms with Crippen molar-refractivity contribution in [2.75, 3.05) is 13.2 Å². The van der Waals surface area contributed by atoms with E-state index in [9.17, 15) is 19.5 Å². The van der Waals surface area contributed by atoms with E-state index < -0.39 is 35.8 Å². The maximum Gasteiger partial charge on any atom is 0.431 e. The van der Waals surface area contributed by atoms with Crippen LogP contribution in [0, 0.1) is 6.92 Å². The molecule has 0 aromatic carbocycles. The van der Waals surface area contributed by atoms with Crippen LogP contribution < -0.4 is 16.7 Å². The molecule has 0 saturated carbocycles. The van der Waals surface area contributed by atoms with E-state index in [1.165, 1.54) is 10.8 Å². The van der Waals surface area contributed by atoms with Gasteiger partial charge in [0.1, 0.15) is 18.9 Å². The number of aliphatic hydroxyl groups is 1. The first-order chi connectivity index (χ1) is 10.9. The number of aromatic amines is 1. The Bertz CT molecular complexity index is 668. The molecule has 0 unspecified atom stereocenters. The summed E-state index contributed by atoms with van der Waals surface area (Å²) in [5.74, 6) is 0. The van der Waals surface area contributed by atoms with Crippen LogP contribution >= 0.6 is 0 Å². The lowest BCUT2D eigenvalue weighted by Gasteiger charge is -2.16. The molecule has 1 amide bonds. The summed E-state index contributed by atoms with van der Waals surface area (Å²) in [6.45, 7) is 3.30. The molecule has 1 fully saturated rings. The maximum absolute atomic E-state index is 11.8. The second-order valence-corrected chi connectivity index (χ2v) is 5.04. The van der Waals surface area contributed by atoms with E-state index in [-0.39, 0.29) is 19.6 Å². The number of rotatable bonds is 5. The summed E-state index contributed by atoms with van der Waals surface area (Å²) >= 11 is 0. The number of nitrogens with zero attached hydrogens (tertiary/aromatic N) is 1. The molecule has 0 aliphatic carbocycles. The quantitative estimate of drug-likeness (QED) is 0.601. The topological polar surface area (TPSA) is 132 Å². The third-order valence-corrected chi connectivity index (χ3v) is 3.34. The summed E-state index contributed by atoms with van der Waals surface area (Å²) in [4.78, 5) is 41.3. The second kappa shape index (κ2) is 7.40. The maximum atomic E-state index is 11.8. The molecule has 2 rings (SSSR count). The molecule has 0 spiro atoms. The van der Waals surface area contributed by atoms with Gasteiger partial charge in [0.15, 0.2) is 0 Å². The predicted octanol–water partition coefficient (Wildman–Crippen LogP) is -0.829. The first kappa shape index (κ1) is 17.2. The average molecular weight is 329 g/mol. The Labute approximate surface area is 130 Å². The Morgan fingerprint density at radius 3 is 3.00 bits per heavy atom. The molecule has 3 N–H and O–H groups in total. The molecular weight excluding hydrogens is 310 g/mol. The minimum atomic E-state index is -0.886. The number of hydrogen-bond donors (Lipinski definition) is 3. The van der Waals surface area contributed by atoms with Crippen LogP contribution in [0.5, 0.6) is 0 Å². The smallest absolute Gasteiger partial charge is 0.431 e. The fraction of sp³-hybridized carbons (Fsp3) is 0.615. The van der Waals surface area contributed by atoms with Gasteiger partial charge in [-0.25, -0.2) is 9.59 Å². The summed E-state index contributed by atoms with van der Waals surface area (Å²) in [6.07, 6.45) is -1.57. The highest BCUT2D eigenvalue weighted by atomic mass is 16.7. The van der Waals surface area contributed by atoms with Gasteiger partial charge in [0, 0.05) is 18.2 Å². The van der Waals surface area contributed by atoms with Crippen molar-refractivity contribution in [1.29, 1.82) is 0 Å². The first-order valence-electron chi connectivity index (χ1n) is 7.12. The summed E-state index contributed by atoms with van der Waals surface area (Å²) in [7, 11) is 0. The summed E-state index contributed by atoms with van der Waals surface area (Å²) in [5.41, 5.74) is 1.31. The van der Waals surface area contributed by atoms with Crippen molar-refractivity contribution < 1.29 is 24.2 Å². The number of carbonyl (C=O) groups is 1. The van der Waals surface area contributed by atoms with Crippen LogP contribution in [0.1, 0.15) is 25.1 Å². The molecule has 10 heteroatoms. The number of amides is 1. The third kappa shape index (κ3) is 4.18. The van der Waals surface area contributed by atoms with Gasteiger partial charge in [-0.3, -0.25) is 19.2 Å². The van der Waals surface area contributed by atoms with Crippen LogP contribution in [0.25, 0.3) is 0 Å². The number of hydrogen-bond acceptors (Lipinski definition) is 7. The van der Waals surface area contributed by atoms with Crippen molar-refractivity contribution in [3.05, 3.63) is 32.6 Å². The highest BCUT2D eigenvalue weighted by Gasteiger charge is 2.36. The predicted molar refractivity (Wildman–Crippen MR) is 76.7 cm³/mol. The minimum Gasteiger partial charge on any atom is -0.448 e. The van der Waals surface area contributed by atoms with Gasteiger partial charge in [-0.2, -0.15) is 5.48 Å². The van der Waals surface area contributed by atoms with E-state index in [2.05, 4.69) is 9.72 Å². The Hall–Kier alpha value is -2.17. The van der Waals surface area contributed by atoms with E-state index in [0.29, 0.717) is 5.56 Å². The van der Waals surface area contributed by atoms with Crippen LogP contribution in [0.15, 0.2) is 15.8 Å². The van der Waals surface area contributed by atoms with Gasteiger partial charge in [0.25, 0.3) is 5.56 Å². The molecule has 23 heavy (non-hydrogen) atoms. The Morgan fingerprint density at radius 2 is 2.30 bits per heavy atom. The van der Waals surface area contributed by atoms with Crippen molar-refractivity contribution >= 4 is 6.09 Å². The zero-order chi connectivity index (χ0) is 17.0. The number of hydroxylamine groups is 1. The van der Waals surface area contributed by atoms with Crippen LogP contribution in [-0.4, -0.2) is 46.2 Å². The molecule has 0 radical (unpaired) electrons. The number of H-pyrrole nitrogens is 1. The molecule has 1 aromatic rings. The number of nitrogens with one attached hydrogen (secondary N) is 2. The molecule has 128 valence electrons. The summed E-state index contributed by atoms with van der Waals surface area (Å²) in [5, 5.41) is 9.97. The van der Waals surface area contributed by atoms with Gasteiger partial charge < -0.3 is 14.6 Å². The minimum absolute atomic E-state index is 0.117. The molecule has 3 atom stereocenters. The highest BCUT2D eigenvalue weighted by Crippen LogP contribution is 2.27. The first-order valence-corrected chi connectivity index (χ1v) is 7.12. The fourth-order valence-corrected chi connectivity index (χ4v) is 2.18. The largest absolute Gasteiger partial charge is 0.448 e. The number of aryl methyl sites for hydroxylation is 1. The monoisotopic (exact) mass is 329 g/mol. The van der Waals surface area contributed by atoms with Crippen molar-refractivity contribution in [3.8, 4) is 0 Å². The molecule has 2 heterocycles. The summed E-state index contributed by atoms with van der Waals surface area (Å²) < 4.78 is 11.4. The highest BCUT2D eigenvalue weighted by molar-refractivity contribution is 5.65. The van der Waals surface area contributed by atoms with E-state index in [1.54, 1.807) is 13.8 Å². The molecule has 1 saturated heterocycles. The second-order valence-electron chi connectivity index (χ2n) is 5.04. The van der Waals surface area contributed by atoms with E-state index in [4.69, 9.17) is 9.57 Å². The standard InChI is InChI=1S/C13H19N3O7/c1-3-21-13(20)15-22-6-9-8(17)4-10(23-9)16-5-7(2)11(18)14-12(16)19/h5,8-10,17H,3-4,6H2,1-2H3,(H,15,20)(H,14,18,19)/t8-,9+,10+/m0/s1. The van der Waals surface area contributed by atoms with Crippen molar-refractivity contribution in [2.45, 2.75) is 38.7 Å². The van der Waals surface area contributed by atoms with Crippen LogP contribution in [0.2, 0.25) is 0 Å². The number of ether oxygens (including phenoxy) is 2. The molecule has 1 aliphatic heterocycles. The van der Waals surface area contributed by atoms with Gasteiger partial charge in [-0.1, -0.05) is 0 Å². The van der Waals surface area contributed by atoms with Crippen molar-refractivity contribution in [1.82, 2.24) is 15.0 Å². The van der Waals surface area contributed by atoms with E-state index >= 15 is 0 Å². The summed E-state index contributed by atoms with van der Waals surface area (Å²) in [6, 6.07) is 0. The SMILES string of the molecule is CCOC(=O)NOC[C@H]1O[C@@H](n2cc(C)c(=O)[nH]c2=O)C[C@@H]1O. The Kier molecular flexibility index (Phi) is 5.53. The van der Waals surface area contributed by atoms with E-state index in [0.717, 1.165) is 0 Å². The number of aliphatic hydroxyl groups excluding tert-OH is 1. The molecule has 1 aliphatic rings. The lowest BCUT2D eigenvalue weighted by molar-refractivity contribution is -0.0825. The van der Waals surface area contributed by atoms with Gasteiger partial charge in [-0.05, 0) is 13.8 Å².